The average Bonchev–Trinajstić information content (AvgIpc) is 2.48. The molecule has 1 aromatic carbocycles. The number of hydrogen-bond acceptors (Lipinski definition) is 5. The molecule has 0 unspecified atom stereocenters. The number of anilines is 1. The zero-order chi connectivity index (χ0) is 17.0. The molecule has 0 bridgehead atoms. The van der Waals surface area contributed by atoms with E-state index in [-0.39, 0.29) is 22.1 Å². The van der Waals surface area contributed by atoms with Crippen LogP contribution < -0.4 is 5.43 Å². The molecule has 0 radical (unpaired) electrons. The quantitative estimate of drug-likeness (QED) is 0.514. The second-order valence-corrected chi connectivity index (χ2v) is 4.67. The fourth-order valence-electron chi connectivity index (χ4n) is 1.54. The summed E-state index contributed by atoms with van der Waals surface area (Å²) < 4.78 is 37.1. The minimum Gasteiger partial charge on any atom is -0.261 e. The number of non-ortho nitro benzene ring substituents is 1. The molecule has 1 heterocycles. The van der Waals surface area contributed by atoms with Crippen LogP contribution in [0.4, 0.5) is 24.7 Å². The summed E-state index contributed by atoms with van der Waals surface area (Å²) in [5.41, 5.74) is 1.64. The summed E-state index contributed by atoms with van der Waals surface area (Å²) in [5, 5.41) is 14.6. The highest BCUT2D eigenvalue weighted by Gasteiger charge is 2.30. The number of nitro groups is 1. The van der Waals surface area contributed by atoms with Crippen LogP contribution >= 0.6 is 11.6 Å². The van der Waals surface area contributed by atoms with Gasteiger partial charge in [0.15, 0.2) is 0 Å². The lowest BCUT2D eigenvalue weighted by atomic mass is 10.2. The largest absolute Gasteiger partial charge is 0.417 e. The first-order valence-corrected chi connectivity index (χ1v) is 6.41. The maximum Gasteiger partial charge on any atom is 0.417 e. The van der Waals surface area contributed by atoms with Crippen LogP contribution in [-0.4, -0.2) is 16.1 Å². The zero-order valence-electron chi connectivity index (χ0n) is 11.2. The van der Waals surface area contributed by atoms with Gasteiger partial charge in [0.2, 0.25) is 0 Å². The minimum absolute atomic E-state index is 0.0794. The van der Waals surface area contributed by atoms with E-state index in [0.29, 0.717) is 6.20 Å². The van der Waals surface area contributed by atoms with Crippen LogP contribution in [0.25, 0.3) is 0 Å². The van der Waals surface area contributed by atoms with Crippen LogP contribution in [0.15, 0.2) is 41.6 Å². The lowest BCUT2D eigenvalue weighted by Gasteiger charge is -2.06. The molecule has 120 valence electrons. The van der Waals surface area contributed by atoms with E-state index < -0.39 is 16.7 Å². The predicted molar refractivity (Wildman–Crippen MR) is 78.6 cm³/mol. The number of nitrogens with one attached hydrogen (secondary N) is 1. The van der Waals surface area contributed by atoms with E-state index in [4.69, 9.17) is 11.6 Å². The van der Waals surface area contributed by atoms with Gasteiger partial charge in [0.1, 0.15) is 5.82 Å². The smallest absolute Gasteiger partial charge is 0.261 e. The number of nitrogens with zero attached hydrogens (tertiary/aromatic N) is 3. The summed E-state index contributed by atoms with van der Waals surface area (Å²) in [7, 11) is 0. The Morgan fingerprint density at radius 3 is 2.61 bits per heavy atom. The molecule has 0 aliphatic carbocycles. The molecule has 0 saturated carbocycles. The zero-order valence-corrected chi connectivity index (χ0v) is 12.0. The van der Waals surface area contributed by atoms with Gasteiger partial charge in [0.25, 0.3) is 5.69 Å². The number of pyridine rings is 1. The normalized spacial score (nSPS) is 11.7. The molecule has 2 rings (SSSR count). The number of benzene rings is 1. The maximum absolute atomic E-state index is 12.4. The highest BCUT2D eigenvalue weighted by atomic mass is 35.5. The Kier molecular flexibility index (Phi) is 4.80. The molecule has 0 saturated heterocycles. The highest BCUT2D eigenvalue weighted by Crippen LogP contribution is 2.28. The molecular weight excluding hydrogens is 337 g/mol. The number of aromatic nitrogens is 1. The van der Waals surface area contributed by atoms with Gasteiger partial charge in [-0.15, -0.1) is 0 Å². The van der Waals surface area contributed by atoms with Crippen molar-refractivity contribution < 1.29 is 18.1 Å². The molecule has 0 fully saturated rings. The van der Waals surface area contributed by atoms with E-state index in [2.05, 4.69) is 15.5 Å². The van der Waals surface area contributed by atoms with E-state index in [1.807, 2.05) is 0 Å². The molecule has 10 heteroatoms. The third-order valence-electron chi connectivity index (χ3n) is 2.66. The molecule has 1 aromatic heterocycles. The molecule has 6 nitrogen and oxygen atoms in total. The van der Waals surface area contributed by atoms with Crippen molar-refractivity contribution in [1.82, 2.24) is 4.98 Å². The maximum atomic E-state index is 12.4. The van der Waals surface area contributed by atoms with Crippen molar-refractivity contribution in [3.05, 3.63) is 62.8 Å². The Morgan fingerprint density at radius 2 is 2.04 bits per heavy atom. The molecule has 23 heavy (non-hydrogen) atoms. The Balaban J connectivity index is 2.10. The summed E-state index contributed by atoms with van der Waals surface area (Å²) in [6, 6.07) is 5.76. The Labute approximate surface area is 132 Å². The van der Waals surface area contributed by atoms with Crippen LogP contribution in [0.2, 0.25) is 5.02 Å². The van der Waals surface area contributed by atoms with Crippen molar-refractivity contribution in [2.24, 2.45) is 5.10 Å². The lowest BCUT2D eigenvalue weighted by Crippen LogP contribution is -2.05. The lowest BCUT2D eigenvalue weighted by molar-refractivity contribution is -0.384. The fraction of sp³-hybridized carbons (Fsp3) is 0.0769. The summed E-state index contributed by atoms with van der Waals surface area (Å²) >= 11 is 5.87. The molecule has 1 N–H and O–H groups in total. The number of hydrazone groups is 1. The van der Waals surface area contributed by atoms with Gasteiger partial charge in [0, 0.05) is 28.9 Å². The van der Waals surface area contributed by atoms with Crippen molar-refractivity contribution in [1.29, 1.82) is 0 Å². The van der Waals surface area contributed by atoms with E-state index >= 15 is 0 Å². The van der Waals surface area contributed by atoms with Crippen molar-refractivity contribution in [3.8, 4) is 0 Å². The third kappa shape index (κ3) is 4.39. The van der Waals surface area contributed by atoms with E-state index in [9.17, 15) is 23.3 Å². The van der Waals surface area contributed by atoms with Crippen LogP contribution in [-0.2, 0) is 6.18 Å². The van der Waals surface area contributed by atoms with Crippen molar-refractivity contribution in [2.75, 3.05) is 5.43 Å². The van der Waals surface area contributed by atoms with Crippen LogP contribution in [0.5, 0.6) is 0 Å². The fourth-order valence-corrected chi connectivity index (χ4v) is 1.71. The number of rotatable bonds is 4. The van der Waals surface area contributed by atoms with Gasteiger partial charge < -0.3 is 0 Å². The van der Waals surface area contributed by atoms with Crippen molar-refractivity contribution in [2.45, 2.75) is 6.18 Å². The molecule has 2 aromatic rings. The van der Waals surface area contributed by atoms with Crippen LogP contribution in [0.1, 0.15) is 11.1 Å². The van der Waals surface area contributed by atoms with Gasteiger partial charge in [-0.25, -0.2) is 4.98 Å². The topological polar surface area (TPSA) is 80.4 Å². The summed E-state index contributed by atoms with van der Waals surface area (Å²) in [6.45, 7) is 0. The van der Waals surface area contributed by atoms with Gasteiger partial charge in [0.05, 0.1) is 16.7 Å². The van der Waals surface area contributed by atoms with Gasteiger partial charge >= 0.3 is 6.18 Å². The van der Waals surface area contributed by atoms with E-state index in [1.54, 1.807) is 0 Å². The Bertz CT molecular complexity index is 748. The SMILES string of the molecule is O=[N+]([O-])c1ccc(Cl)c(/C=N\Nc2ccc(C(F)(F)F)cn2)c1. The molecule has 0 aliphatic rings. The monoisotopic (exact) mass is 344 g/mol. The molecule has 0 amide bonds. The van der Waals surface area contributed by atoms with E-state index in [0.717, 1.165) is 12.1 Å². The molecular formula is C13H8ClF3N4O2. The molecule has 0 spiro atoms. The number of nitro benzene ring substituents is 1. The minimum atomic E-state index is -4.47. The predicted octanol–water partition coefficient (Wildman–Crippen LogP) is 4.11. The van der Waals surface area contributed by atoms with Gasteiger partial charge in [-0.05, 0) is 18.2 Å². The van der Waals surface area contributed by atoms with Gasteiger partial charge in [-0.2, -0.15) is 18.3 Å². The van der Waals surface area contributed by atoms with Crippen LogP contribution in [0.3, 0.4) is 0 Å². The molecule has 0 atom stereocenters. The number of halogens is 4. The van der Waals surface area contributed by atoms with E-state index in [1.165, 1.54) is 24.4 Å². The summed E-state index contributed by atoms with van der Waals surface area (Å²) in [6.07, 6.45) is -2.60. The second kappa shape index (κ2) is 6.61. The Hall–Kier alpha value is -2.68. The second-order valence-electron chi connectivity index (χ2n) is 4.26. The highest BCUT2D eigenvalue weighted by molar-refractivity contribution is 6.33. The third-order valence-corrected chi connectivity index (χ3v) is 3.01. The molecule has 0 aliphatic heterocycles. The van der Waals surface area contributed by atoms with Crippen molar-refractivity contribution in [3.63, 3.8) is 0 Å². The standard InChI is InChI=1S/C13H8ClF3N4O2/c14-11-3-2-10(21(22)23)5-8(11)6-19-20-12-4-1-9(7-18-12)13(15,16)17/h1-7H,(H,18,20)/b19-6-. The van der Waals surface area contributed by atoms with Crippen LogP contribution in [0, 0.1) is 10.1 Å². The first-order valence-electron chi connectivity index (χ1n) is 6.03. The summed E-state index contributed by atoms with van der Waals surface area (Å²) in [5.74, 6) is 0.0794. The van der Waals surface area contributed by atoms with Gasteiger partial charge in [-0.1, -0.05) is 11.6 Å². The summed E-state index contributed by atoms with van der Waals surface area (Å²) in [4.78, 5) is 13.6. The first-order chi connectivity index (χ1) is 10.8. The number of hydrogen-bond donors (Lipinski definition) is 1. The Morgan fingerprint density at radius 1 is 1.30 bits per heavy atom. The average molecular weight is 345 g/mol. The first kappa shape index (κ1) is 16.7. The number of alkyl halides is 3. The van der Waals surface area contributed by atoms with Gasteiger partial charge in [-0.3, -0.25) is 15.5 Å². The van der Waals surface area contributed by atoms with Crippen molar-refractivity contribution >= 4 is 29.3 Å².